The topological polar surface area (TPSA) is 62.0 Å². The lowest BCUT2D eigenvalue weighted by molar-refractivity contribution is 0.0940. The Hall–Kier alpha value is -1.58. The molecule has 0 radical (unpaired) electrons. The maximum Gasteiger partial charge on any atom is 0.256 e. The van der Waals surface area contributed by atoms with E-state index in [0.717, 1.165) is 5.92 Å². The first-order valence-electron chi connectivity index (χ1n) is 6.62. The third-order valence-corrected chi connectivity index (χ3v) is 3.76. The number of pyridine rings is 1. The SMILES string of the molecule is CC1CCC(CNC(=O)c2c[nH]ccc2=O)CC1. The third kappa shape index (κ3) is 3.22. The Balaban J connectivity index is 1.86. The number of aromatic nitrogens is 1. The van der Waals surface area contributed by atoms with Crippen LogP contribution in [0.3, 0.4) is 0 Å². The fourth-order valence-corrected chi connectivity index (χ4v) is 2.46. The second kappa shape index (κ2) is 5.85. The second-order valence-electron chi connectivity index (χ2n) is 5.26. The third-order valence-electron chi connectivity index (χ3n) is 3.76. The Morgan fingerprint density at radius 3 is 2.78 bits per heavy atom. The highest BCUT2D eigenvalue weighted by Gasteiger charge is 2.19. The molecule has 0 spiro atoms. The van der Waals surface area contributed by atoms with Crippen LogP contribution >= 0.6 is 0 Å². The molecule has 1 amide bonds. The summed E-state index contributed by atoms with van der Waals surface area (Å²) in [7, 11) is 0. The van der Waals surface area contributed by atoms with Gasteiger partial charge < -0.3 is 10.3 Å². The van der Waals surface area contributed by atoms with Crippen molar-refractivity contribution in [1.82, 2.24) is 10.3 Å². The number of carbonyl (C=O) groups excluding carboxylic acids is 1. The average Bonchev–Trinajstić information content (AvgIpc) is 2.38. The molecule has 4 nitrogen and oxygen atoms in total. The molecule has 1 aliphatic rings. The smallest absolute Gasteiger partial charge is 0.256 e. The summed E-state index contributed by atoms with van der Waals surface area (Å²) in [5.41, 5.74) is -0.0369. The van der Waals surface area contributed by atoms with Crippen LogP contribution in [0.5, 0.6) is 0 Å². The van der Waals surface area contributed by atoms with Crippen LogP contribution in [0.1, 0.15) is 43.0 Å². The Kier molecular flexibility index (Phi) is 4.18. The molecule has 1 saturated carbocycles. The van der Waals surface area contributed by atoms with Crippen LogP contribution in [0.25, 0.3) is 0 Å². The molecule has 0 saturated heterocycles. The van der Waals surface area contributed by atoms with Crippen LogP contribution in [0.2, 0.25) is 0 Å². The van der Waals surface area contributed by atoms with Gasteiger partial charge in [-0.1, -0.05) is 19.8 Å². The van der Waals surface area contributed by atoms with Gasteiger partial charge in [-0.05, 0) is 24.7 Å². The van der Waals surface area contributed by atoms with E-state index >= 15 is 0 Å². The summed E-state index contributed by atoms with van der Waals surface area (Å²) in [6, 6.07) is 1.37. The first-order valence-corrected chi connectivity index (χ1v) is 6.62. The number of carbonyl (C=O) groups is 1. The second-order valence-corrected chi connectivity index (χ2v) is 5.26. The highest BCUT2D eigenvalue weighted by Crippen LogP contribution is 2.27. The zero-order valence-electron chi connectivity index (χ0n) is 10.7. The molecule has 0 unspecified atom stereocenters. The summed E-state index contributed by atoms with van der Waals surface area (Å²) in [5, 5.41) is 2.87. The van der Waals surface area contributed by atoms with Crippen molar-refractivity contribution in [2.45, 2.75) is 32.6 Å². The molecule has 2 rings (SSSR count). The van der Waals surface area contributed by atoms with Crippen LogP contribution < -0.4 is 10.7 Å². The average molecular weight is 248 g/mol. The van der Waals surface area contributed by atoms with Gasteiger partial charge in [0.1, 0.15) is 5.56 Å². The Morgan fingerprint density at radius 2 is 2.11 bits per heavy atom. The van der Waals surface area contributed by atoms with Crippen molar-refractivity contribution in [2.24, 2.45) is 11.8 Å². The molecule has 1 aromatic heterocycles. The predicted molar refractivity (Wildman–Crippen MR) is 70.5 cm³/mol. The minimum atomic E-state index is -0.268. The lowest BCUT2D eigenvalue weighted by Crippen LogP contribution is -2.33. The highest BCUT2D eigenvalue weighted by atomic mass is 16.2. The van der Waals surface area contributed by atoms with Gasteiger partial charge in [0.15, 0.2) is 5.43 Å². The number of hydrogen-bond donors (Lipinski definition) is 2. The van der Waals surface area contributed by atoms with Crippen LogP contribution in [0.4, 0.5) is 0 Å². The van der Waals surface area contributed by atoms with Crippen molar-refractivity contribution in [2.75, 3.05) is 6.54 Å². The molecule has 1 aromatic rings. The predicted octanol–water partition coefficient (Wildman–Crippen LogP) is 1.93. The van der Waals surface area contributed by atoms with Crippen molar-refractivity contribution < 1.29 is 4.79 Å². The molecule has 0 atom stereocenters. The number of rotatable bonds is 3. The molecule has 0 bridgehead atoms. The summed E-state index contributed by atoms with van der Waals surface area (Å²) in [6.45, 7) is 2.96. The van der Waals surface area contributed by atoms with Gasteiger partial charge in [-0.3, -0.25) is 9.59 Å². The van der Waals surface area contributed by atoms with E-state index in [0.29, 0.717) is 12.5 Å². The van der Waals surface area contributed by atoms with Gasteiger partial charge in [-0.25, -0.2) is 0 Å². The molecule has 0 aliphatic heterocycles. The number of nitrogens with one attached hydrogen (secondary N) is 2. The molecular weight excluding hydrogens is 228 g/mol. The van der Waals surface area contributed by atoms with Crippen molar-refractivity contribution in [3.8, 4) is 0 Å². The minimum absolute atomic E-state index is 0.196. The van der Waals surface area contributed by atoms with Gasteiger partial charge >= 0.3 is 0 Å². The zero-order chi connectivity index (χ0) is 13.0. The fraction of sp³-hybridized carbons (Fsp3) is 0.571. The van der Waals surface area contributed by atoms with E-state index in [2.05, 4.69) is 17.2 Å². The summed E-state index contributed by atoms with van der Waals surface area (Å²) in [5.74, 6) is 1.11. The van der Waals surface area contributed by atoms with Crippen molar-refractivity contribution >= 4 is 5.91 Å². The number of amides is 1. The Bertz CT molecular complexity index is 459. The normalized spacial score (nSPS) is 23.6. The first-order chi connectivity index (χ1) is 8.66. The standard InChI is InChI=1S/C14H20N2O2/c1-10-2-4-11(5-3-10)8-16-14(18)12-9-15-7-6-13(12)17/h6-7,9-11H,2-5,8H2,1H3,(H,15,17)(H,16,18). The molecule has 2 N–H and O–H groups in total. The Morgan fingerprint density at radius 1 is 1.39 bits per heavy atom. The summed E-state index contributed by atoms with van der Waals surface area (Å²) >= 11 is 0. The highest BCUT2D eigenvalue weighted by molar-refractivity contribution is 5.93. The number of hydrogen-bond acceptors (Lipinski definition) is 2. The van der Waals surface area contributed by atoms with E-state index < -0.39 is 0 Å². The van der Waals surface area contributed by atoms with E-state index in [-0.39, 0.29) is 16.9 Å². The van der Waals surface area contributed by atoms with Gasteiger partial charge in [0.2, 0.25) is 0 Å². The summed E-state index contributed by atoms with van der Waals surface area (Å²) < 4.78 is 0. The van der Waals surface area contributed by atoms with Crippen molar-refractivity contribution in [3.05, 3.63) is 34.2 Å². The molecule has 98 valence electrons. The lowest BCUT2D eigenvalue weighted by atomic mass is 9.83. The summed E-state index contributed by atoms with van der Waals surface area (Å²) in [6.07, 6.45) is 7.82. The van der Waals surface area contributed by atoms with Crippen molar-refractivity contribution in [1.29, 1.82) is 0 Å². The van der Waals surface area contributed by atoms with E-state index in [1.807, 2.05) is 0 Å². The maximum absolute atomic E-state index is 11.8. The van der Waals surface area contributed by atoms with E-state index in [9.17, 15) is 9.59 Å². The van der Waals surface area contributed by atoms with Gasteiger partial charge in [0, 0.05) is 25.0 Å². The number of aromatic amines is 1. The Labute approximate surface area is 107 Å². The van der Waals surface area contributed by atoms with Gasteiger partial charge in [0.05, 0.1) is 0 Å². The molecule has 1 heterocycles. The van der Waals surface area contributed by atoms with Gasteiger partial charge in [-0.15, -0.1) is 0 Å². The summed E-state index contributed by atoms with van der Waals surface area (Å²) in [4.78, 5) is 26.1. The molecule has 1 fully saturated rings. The van der Waals surface area contributed by atoms with E-state index in [1.54, 1.807) is 0 Å². The molecule has 4 heteroatoms. The van der Waals surface area contributed by atoms with Crippen LogP contribution in [-0.2, 0) is 0 Å². The van der Waals surface area contributed by atoms with E-state index in [1.165, 1.54) is 44.1 Å². The molecule has 1 aliphatic carbocycles. The largest absolute Gasteiger partial charge is 0.367 e. The van der Waals surface area contributed by atoms with Gasteiger partial charge in [-0.2, -0.15) is 0 Å². The lowest BCUT2D eigenvalue weighted by Gasteiger charge is -2.26. The molecular formula is C14H20N2O2. The molecule has 18 heavy (non-hydrogen) atoms. The molecule has 0 aromatic carbocycles. The van der Waals surface area contributed by atoms with E-state index in [4.69, 9.17) is 0 Å². The van der Waals surface area contributed by atoms with Crippen LogP contribution in [0, 0.1) is 11.8 Å². The number of H-pyrrole nitrogens is 1. The zero-order valence-corrected chi connectivity index (χ0v) is 10.7. The quantitative estimate of drug-likeness (QED) is 0.858. The first kappa shape index (κ1) is 12.9. The maximum atomic E-state index is 11.8. The minimum Gasteiger partial charge on any atom is -0.367 e. The van der Waals surface area contributed by atoms with Gasteiger partial charge in [0.25, 0.3) is 5.91 Å². The monoisotopic (exact) mass is 248 g/mol. The van der Waals surface area contributed by atoms with Crippen molar-refractivity contribution in [3.63, 3.8) is 0 Å². The fourth-order valence-electron chi connectivity index (χ4n) is 2.46. The van der Waals surface area contributed by atoms with Crippen LogP contribution in [-0.4, -0.2) is 17.4 Å². The van der Waals surface area contributed by atoms with Crippen LogP contribution in [0.15, 0.2) is 23.3 Å².